The number of amides is 1. The Bertz CT molecular complexity index is 796. The van der Waals surface area contributed by atoms with Gasteiger partial charge in [0.05, 0.1) is 17.8 Å². The van der Waals surface area contributed by atoms with Crippen LogP contribution in [0.1, 0.15) is 31.4 Å². The normalized spacial score (nSPS) is 17.1. The Morgan fingerprint density at radius 2 is 1.84 bits per heavy atom. The number of aliphatic imine (C=N–C) groups is 1. The molecule has 1 unspecified atom stereocenters. The number of rotatable bonds is 9. The van der Waals surface area contributed by atoms with E-state index in [4.69, 9.17) is 0 Å². The predicted octanol–water partition coefficient (Wildman–Crippen LogP) is 3.30. The van der Waals surface area contributed by atoms with Crippen LogP contribution in [-0.2, 0) is 11.0 Å². The first-order valence-corrected chi connectivity index (χ1v) is 10.1. The van der Waals surface area contributed by atoms with E-state index in [-0.39, 0.29) is 11.9 Å². The molecule has 0 bridgehead atoms. The molecule has 170 valence electrons. The van der Waals surface area contributed by atoms with E-state index in [2.05, 4.69) is 33.9 Å². The number of carbonyl (C=O) groups is 1. The van der Waals surface area contributed by atoms with Gasteiger partial charge in [0, 0.05) is 44.0 Å². The van der Waals surface area contributed by atoms with Crippen LogP contribution in [0.2, 0.25) is 0 Å². The number of nitrogens with one attached hydrogen (secondary N) is 2. The molecule has 1 aromatic carbocycles. The van der Waals surface area contributed by atoms with Gasteiger partial charge in [-0.3, -0.25) is 14.7 Å². The molecule has 1 atom stereocenters. The Labute approximate surface area is 181 Å². The number of benzene rings is 1. The van der Waals surface area contributed by atoms with Crippen LogP contribution in [0.25, 0.3) is 5.70 Å². The molecule has 1 aromatic rings. The van der Waals surface area contributed by atoms with Gasteiger partial charge in [-0.25, -0.2) is 5.01 Å². The minimum Gasteiger partial charge on any atom is -0.352 e. The van der Waals surface area contributed by atoms with E-state index in [1.807, 2.05) is 18.9 Å². The maximum atomic E-state index is 12.7. The highest BCUT2D eigenvalue weighted by molar-refractivity contribution is 5.78. The molecule has 0 aromatic heterocycles. The van der Waals surface area contributed by atoms with E-state index >= 15 is 0 Å². The third-order valence-electron chi connectivity index (χ3n) is 4.86. The molecule has 0 saturated carbocycles. The fourth-order valence-electron chi connectivity index (χ4n) is 3.34. The molecule has 1 amide bonds. The summed E-state index contributed by atoms with van der Waals surface area (Å²) in [6, 6.07) is 4.85. The van der Waals surface area contributed by atoms with Crippen molar-refractivity contribution in [3.63, 3.8) is 0 Å². The lowest BCUT2D eigenvalue weighted by Crippen LogP contribution is -2.53. The Morgan fingerprint density at radius 1 is 1.23 bits per heavy atom. The van der Waals surface area contributed by atoms with Crippen LogP contribution in [0.3, 0.4) is 0 Å². The van der Waals surface area contributed by atoms with E-state index in [9.17, 15) is 18.0 Å². The van der Waals surface area contributed by atoms with E-state index in [1.54, 1.807) is 6.20 Å². The first-order chi connectivity index (χ1) is 14.6. The second-order valence-corrected chi connectivity index (χ2v) is 7.78. The molecule has 0 aliphatic carbocycles. The molecule has 9 heteroatoms. The fourth-order valence-corrected chi connectivity index (χ4v) is 3.34. The lowest BCUT2D eigenvalue weighted by atomic mass is 10.1. The molecule has 1 fully saturated rings. The summed E-state index contributed by atoms with van der Waals surface area (Å²) in [5.74, 6) is -0.00416. The monoisotopic (exact) mass is 437 g/mol. The molecule has 1 heterocycles. The molecule has 6 nitrogen and oxygen atoms in total. The quantitative estimate of drug-likeness (QED) is 0.460. The van der Waals surface area contributed by atoms with Crippen LogP contribution in [0, 0.1) is 0 Å². The highest BCUT2D eigenvalue weighted by atomic mass is 19.4. The number of halogens is 3. The van der Waals surface area contributed by atoms with Crippen LogP contribution in [0.4, 0.5) is 13.2 Å². The number of nitrogens with zero attached hydrogens (tertiary/aromatic N) is 3. The van der Waals surface area contributed by atoms with Gasteiger partial charge in [0.2, 0.25) is 5.91 Å². The molecule has 31 heavy (non-hydrogen) atoms. The molecular weight excluding hydrogens is 407 g/mol. The summed E-state index contributed by atoms with van der Waals surface area (Å²) in [5.41, 5.74) is 4.43. The highest BCUT2D eigenvalue weighted by Gasteiger charge is 2.30. The molecule has 2 rings (SSSR count). The average Bonchev–Trinajstić information content (AvgIpc) is 2.68. The number of carbonyl (C=O) groups excluding carboxylic acids is 1. The van der Waals surface area contributed by atoms with Crippen molar-refractivity contribution in [1.29, 1.82) is 0 Å². The molecule has 1 saturated heterocycles. The number of hydrogen-bond acceptors (Lipinski definition) is 5. The average molecular weight is 438 g/mol. The molecule has 2 N–H and O–H groups in total. The molecule has 0 radical (unpaired) electrons. The summed E-state index contributed by atoms with van der Waals surface area (Å²) in [7, 11) is 0. The van der Waals surface area contributed by atoms with Crippen molar-refractivity contribution >= 4 is 18.3 Å². The molecule has 0 spiro atoms. The molecule has 1 aliphatic heterocycles. The summed E-state index contributed by atoms with van der Waals surface area (Å²) in [6.45, 7) is 14.4. The number of hydrazine groups is 1. The summed E-state index contributed by atoms with van der Waals surface area (Å²) in [4.78, 5) is 18.2. The minimum absolute atomic E-state index is 0.00416. The van der Waals surface area contributed by atoms with Crippen molar-refractivity contribution in [1.82, 2.24) is 20.7 Å². The Hall–Kier alpha value is -2.65. The van der Waals surface area contributed by atoms with E-state index in [0.29, 0.717) is 44.0 Å². The van der Waals surface area contributed by atoms with Crippen LogP contribution in [0.5, 0.6) is 0 Å². The SMILES string of the molecule is C=N/C(=C\NN1CCN(CC(=O)NC(C)CC(=C)C)CC1)c1ccc(C(F)(F)F)cc1. The van der Waals surface area contributed by atoms with Gasteiger partial charge in [0.1, 0.15) is 0 Å². The third-order valence-corrected chi connectivity index (χ3v) is 4.86. The topological polar surface area (TPSA) is 60.0 Å². The maximum Gasteiger partial charge on any atom is 0.416 e. The van der Waals surface area contributed by atoms with Crippen molar-refractivity contribution in [2.75, 3.05) is 32.7 Å². The number of alkyl halides is 3. The van der Waals surface area contributed by atoms with Crippen molar-refractivity contribution < 1.29 is 18.0 Å². The first-order valence-electron chi connectivity index (χ1n) is 10.1. The lowest BCUT2D eigenvalue weighted by molar-refractivity contribution is -0.137. The standard InChI is InChI=1S/C22H30F3N5O/c1-16(2)13-17(3)28-21(31)15-29-9-11-30(12-10-29)27-14-20(26-4)18-5-7-19(8-6-18)22(23,24)25/h5-8,14,17,27H,1,4,9-13,15H2,2-3H3,(H,28,31)/b20-14-. The third kappa shape index (κ3) is 8.18. The van der Waals surface area contributed by atoms with Crippen molar-refractivity contribution in [2.45, 2.75) is 32.5 Å². The Balaban J connectivity index is 1.82. The second kappa shape index (κ2) is 11.1. The first kappa shape index (κ1) is 24.6. The largest absolute Gasteiger partial charge is 0.416 e. The van der Waals surface area contributed by atoms with Crippen LogP contribution < -0.4 is 10.7 Å². The predicted molar refractivity (Wildman–Crippen MR) is 117 cm³/mol. The van der Waals surface area contributed by atoms with Gasteiger partial charge < -0.3 is 10.7 Å². The summed E-state index contributed by atoms with van der Waals surface area (Å²) in [5, 5.41) is 4.94. The summed E-state index contributed by atoms with van der Waals surface area (Å²) in [6.07, 6.45) is -1.99. The highest BCUT2D eigenvalue weighted by Crippen LogP contribution is 2.30. The Kier molecular flexibility index (Phi) is 8.82. The second-order valence-electron chi connectivity index (χ2n) is 7.78. The summed E-state index contributed by atoms with van der Waals surface area (Å²) < 4.78 is 38.1. The van der Waals surface area contributed by atoms with Gasteiger partial charge in [-0.15, -0.1) is 6.58 Å². The minimum atomic E-state index is -4.37. The number of hydrogen-bond donors (Lipinski definition) is 2. The summed E-state index contributed by atoms with van der Waals surface area (Å²) >= 11 is 0. The van der Waals surface area contributed by atoms with Crippen molar-refractivity contribution in [2.24, 2.45) is 4.99 Å². The van der Waals surface area contributed by atoms with Gasteiger partial charge in [0.25, 0.3) is 0 Å². The van der Waals surface area contributed by atoms with E-state index in [1.165, 1.54) is 12.1 Å². The lowest BCUT2D eigenvalue weighted by Gasteiger charge is -2.34. The molecular formula is C22H30F3N5O. The van der Waals surface area contributed by atoms with E-state index in [0.717, 1.165) is 24.1 Å². The van der Waals surface area contributed by atoms with Crippen LogP contribution in [0.15, 0.2) is 47.6 Å². The zero-order chi connectivity index (χ0) is 23.0. The van der Waals surface area contributed by atoms with Gasteiger partial charge >= 0.3 is 6.18 Å². The van der Waals surface area contributed by atoms with Crippen LogP contribution in [-0.4, -0.2) is 61.3 Å². The number of piperazine rings is 1. The van der Waals surface area contributed by atoms with Gasteiger partial charge in [-0.1, -0.05) is 17.7 Å². The van der Waals surface area contributed by atoms with Gasteiger partial charge in [-0.2, -0.15) is 13.2 Å². The molecule has 1 aliphatic rings. The maximum absolute atomic E-state index is 12.7. The van der Waals surface area contributed by atoms with Gasteiger partial charge in [0.15, 0.2) is 0 Å². The van der Waals surface area contributed by atoms with Crippen molar-refractivity contribution in [3.8, 4) is 0 Å². The van der Waals surface area contributed by atoms with Crippen LogP contribution >= 0.6 is 0 Å². The smallest absolute Gasteiger partial charge is 0.352 e. The zero-order valence-electron chi connectivity index (χ0n) is 18.0. The van der Waals surface area contributed by atoms with E-state index < -0.39 is 11.7 Å². The van der Waals surface area contributed by atoms with Gasteiger partial charge in [-0.05, 0) is 39.1 Å². The fraction of sp³-hybridized carbons (Fsp3) is 0.455. The Morgan fingerprint density at radius 3 is 2.35 bits per heavy atom. The zero-order valence-corrected chi connectivity index (χ0v) is 18.0. The van der Waals surface area contributed by atoms with Crippen molar-refractivity contribution in [3.05, 3.63) is 53.7 Å².